The smallest absolute Gasteiger partial charge is 0.365 e. The fourth-order valence-electron chi connectivity index (χ4n) is 5.33. The molecule has 3 aromatic rings. The van der Waals surface area contributed by atoms with Gasteiger partial charge in [-0.15, -0.1) is 0 Å². The number of benzene rings is 2. The first-order valence-electron chi connectivity index (χ1n) is 12.3. The molecule has 0 radical (unpaired) electrons. The standard InChI is InChI=1S/C28H29F3N4O/c29-28(30,31)22-9-10-25-21(16-22)17-24(27(36)33-13-11-23-8-4-5-12-32-23)26-19-34(14-15-35(25)26)18-20-6-2-1-3-7-20/h1-10,12,16,24,26H,11,13-15,17-19H2,(H,33,36). The Bertz CT molecular complexity index is 1190. The van der Waals surface area contributed by atoms with E-state index in [2.05, 4.69) is 32.2 Å². The van der Waals surface area contributed by atoms with Crippen LogP contribution in [0, 0.1) is 5.92 Å². The lowest BCUT2D eigenvalue weighted by Gasteiger charge is -2.49. The Hall–Kier alpha value is -3.39. The molecule has 1 fully saturated rings. The van der Waals surface area contributed by atoms with E-state index in [4.69, 9.17) is 0 Å². The van der Waals surface area contributed by atoms with E-state index in [1.54, 1.807) is 12.3 Å². The molecule has 1 amide bonds. The highest BCUT2D eigenvalue weighted by molar-refractivity contribution is 5.82. The van der Waals surface area contributed by atoms with Gasteiger partial charge in [0, 0.05) is 56.7 Å². The van der Waals surface area contributed by atoms with Crippen LogP contribution in [0.25, 0.3) is 0 Å². The van der Waals surface area contributed by atoms with Crippen molar-refractivity contribution >= 4 is 11.6 Å². The Balaban J connectivity index is 1.36. The molecular weight excluding hydrogens is 465 g/mol. The van der Waals surface area contributed by atoms with Crippen molar-refractivity contribution in [1.82, 2.24) is 15.2 Å². The van der Waals surface area contributed by atoms with Gasteiger partial charge < -0.3 is 10.2 Å². The molecule has 188 valence electrons. The third-order valence-electron chi connectivity index (χ3n) is 7.12. The number of halogens is 3. The summed E-state index contributed by atoms with van der Waals surface area (Å²) in [4.78, 5) is 22.2. The number of piperazine rings is 1. The summed E-state index contributed by atoms with van der Waals surface area (Å²) in [5, 5.41) is 3.03. The van der Waals surface area contributed by atoms with Crippen LogP contribution < -0.4 is 10.2 Å². The Morgan fingerprint density at radius 2 is 1.83 bits per heavy atom. The van der Waals surface area contributed by atoms with E-state index in [9.17, 15) is 18.0 Å². The summed E-state index contributed by atoms with van der Waals surface area (Å²) in [7, 11) is 0. The predicted molar refractivity (Wildman–Crippen MR) is 132 cm³/mol. The summed E-state index contributed by atoms with van der Waals surface area (Å²) in [6, 6.07) is 19.7. The molecule has 1 saturated heterocycles. The molecule has 5 rings (SSSR count). The highest BCUT2D eigenvalue weighted by atomic mass is 19.4. The van der Waals surface area contributed by atoms with Gasteiger partial charge in [-0.25, -0.2) is 0 Å². The van der Waals surface area contributed by atoms with E-state index in [1.807, 2.05) is 36.4 Å². The van der Waals surface area contributed by atoms with Gasteiger partial charge in [-0.3, -0.25) is 14.7 Å². The number of hydrogen-bond donors (Lipinski definition) is 1. The SMILES string of the molecule is O=C(NCCc1ccccn1)C1Cc2cc(C(F)(F)F)ccc2N2CCN(Cc3ccccc3)CC12. The molecule has 2 unspecified atom stereocenters. The van der Waals surface area contributed by atoms with Crippen molar-refractivity contribution < 1.29 is 18.0 Å². The van der Waals surface area contributed by atoms with Crippen molar-refractivity contribution in [2.24, 2.45) is 5.92 Å². The molecule has 5 nitrogen and oxygen atoms in total. The number of pyridine rings is 1. The zero-order valence-corrected chi connectivity index (χ0v) is 19.9. The van der Waals surface area contributed by atoms with Gasteiger partial charge in [0.1, 0.15) is 0 Å². The monoisotopic (exact) mass is 494 g/mol. The van der Waals surface area contributed by atoms with Crippen LogP contribution in [0.1, 0.15) is 22.4 Å². The lowest BCUT2D eigenvalue weighted by molar-refractivity contribution is -0.137. The van der Waals surface area contributed by atoms with E-state index in [1.165, 1.54) is 11.6 Å². The molecule has 1 aromatic heterocycles. The largest absolute Gasteiger partial charge is 0.416 e. The van der Waals surface area contributed by atoms with Crippen molar-refractivity contribution in [2.75, 3.05) is 31.1 Å². The molecule has 0 aliphatic carbocycles. The number of fused-ring (bicyclic) bond motifs is 3. The lowest BCUT2D eigenvalue weighted by Crippen LogP contribution is -2.61. The molecule has 2 aliphatic heterocycles. The van der Waals surface area contributed by atoms with E-state index in [0.29, 0.717) is 31.6 Å². The Labute approximate surface area is 208 Å². The molecule has 0 bridgehead atoms. The van der Waals surface area contributed by atoms with Crippen molar-refractivity contribution in [3.8, 4) is 0 Å². The molecule has 3 heterocycles. The number of rotatable bonds is 6. The summed E-state index contributed by atoms with van der Waals surface area (Å²) in [5.74, 6) is -0.561. The van der Waals surface area contributed by atoms with Gasteiger partial charge in [0.15, 0.2) is 0 Å². The number of amides is 1. The maximum atomic E-state index is 13.4. The van der Waals surface area contributed by atoms with Crippen molar-refractivity contribution in [2.45, 2.75) is 31.6 Å². The third-order valence-corrected chi connectivity index (χ3v) is 7.12. The fourth-order valence-corrected chi connectivity index (χ4v) is 5.33. The first-order valence-corrected chi connectivity index (χ1v) is 12.3. The highest BCUT2D eigenvalue weighted by Gasteiger charge is 2.42. The first kappa shape index (κ1) is 24.3. The van der Waals surface area contributed by atoms with Gasteiger partial charge in [0.05, 0.1) is 17.5 Å². The number of carbonyl (C=O) groups is 1. The topological polar surface area (TPSA) is 48.5 Å². The second kappa shape index (κ2) is 10.3. The molecular formula is C28H29F3N4O. The molecule has 2 aliphatic rings. The second-order valence-corrected chi connectivity index (χ2v) is 9.50. The zero-order chi connectivity index (χ0) is 25.1. The van der Waals surface area contributed by atoms with Crippen molar-refractivity contribution in [3.05, 3.63) is 95.3 Å². The molecule has 2 atom stereocenters. The summed E-state index contributed by atoms with van der Waals surface area (Å²) in [5.41, 5.74) is 2.81. The van der Waals surface area contributed by atoms with Crippen LogP contribution in [-0.2, 0) is 30.4 Å². The molecule has 2 aromatic carbocycles. The lowest BCUT2D eigenvalue weighted by atomic mass is 9.82. The minimum atomic E-state index is -4.42. The molecule has 0 saturated carbocycles. The number of anilines is 1. The van der Waals surface area contributed by atoms with Crippen LogP contribution in [0.15, 0.2) is 72.9 Å². The average molecular weight is 495 g/mol. The van der Waals surface area contributed by atoms with E-state index in [-0.39, 0.29) is 18.4 Å². The number of alkyl halides is 3. The predicted octanol–water partition coefficient (Wildman–Crippen LogP) is 4.32. The van der Waals surface area contributed by atoms with Crippen molar-refractivity contribution in [3.63, 3.8) is 0 Å². The van der Waals surface area contributed by atoms with Gasteiger partial charge in [-0.05, 0) is 47.9 Å². The number of carbonyl (C=O) groups excluding carboxylic acids is 1. The average Bonchev–Trinajstić information content (AvgIpc) is 2.88. The first-order chi connectivity index (χ1) is 17.4. The van der Waals surface area contributed by atoms with Gasteiger partial charge in [0.2, 0.25) is 5.91 Å². The van der Waals surface area contributed by atoms with Crippen LogP contribution in [0.2, 0.25) is 0 Å². The summed E-state index contributed by atoms with van der Waals surface area (Å²) in [6.45, 7) is 3.32. The quantitative estimate of drug-likeness (QED) is 0.555. The van der Waals surface area contributed by atoms with Crippen LogP contribution >= 0.6 is 0 Å². The Kier molecular flexibility index (Phi) is 6.96. The van der Waals surface area contributed by atoms with Gasteiger partial charge in [0.25, 0.3) is 0 Å². The highest BCUT2D eigenvalue weighted by Crippen LogP contribution is 2.39. The maximum absolute atomic E-state index is 13.4. The number of hydrogen-bond acceptors (Lipinski definition) is 4. The minimum Gasteiger partial charge on any atom is -0.365 e. The van der Waals surface area contributed by atoms with Crippen LogP contribution in [0.4, 0.5) is 18.9 Å². The van der Waals surface area contributed by atoms with E-state index < -0.39 is 17.7 Å². The van der Waals surface area contributed by atoms with Gasteiger partial charge >= 0.3 is 6.18 Å². The van der Waals surface area contributed by atoms with Crippen molar-refractivity contribution in [1.29, 1.82) is 0 Å². The molecule has 0 spiro atoms. The summed E-state index contributed by atoms with van der Waals surface area (Å²) >= 11 is 0. The van der Waals surface area contributed by atoms with Gasteiger partial charge in [-0.1, -0.05) is 36.4 Å². The second-order valence-electron chi connectivity index (χ2n) is 9.50. The minimum absolute atomic E-state index is 0.110. The number of aromatic nitrogens is 1. The third kappa shape index (κ3) is 5.38. The Morgan fingerprint density at radius 1 is 1.03 bits per heavy atom. The van der Waals surface area contributed by atoms with Crippen LogP contribution in [0.5, 0.6) is 0 Å². The Morgan fingerprint density at radius 3 is 2.58 bits per heavy atom. The molecule has 8 heteroatoms. The normalized spacial score (nSPS) is 19.9. The van der Waals surface area contributed by atoms with Gasteiger partial charge in [-0.2, -0.15) is 13.2 Å². The zero-order valence-electron chi connectivity index (χ0n) is 19.9. The molecule has 36 heavy (non-hydrogen) atoms. The maximum Gasteiger partial charge on any atom is 0.416 e. The van der Waals surface area contributed by atoms with E-state index >= 15 is 0 Å². The number of nitrogens with zero attached hydrogens (tertiary/aromatic N) is 3. The fraction of sp³-hybridized carbons (Fsp3) is 0.357. The van der Waals surface area contributed by atoms with Crippen LogP contribution in [-0.4, -0.2) is 48.0 Å². The number of nitrogens with one attached hydrogen (secondary N) is 1. The van der Waals surface area contributed by atoms with E-state index in [0.717, 1.165) is 30.5 Å². The molecule has 1 N–H and O–H groups in total. The van der Waals surface area contributed by atoms with Crippen LogP contribution in [0.3, 0.4) is 0 Å². The summed E-state index contributed by atoms with van der Waals surface area (Å²) in [6.07, 6.45) is -1.81. The summed E-state index contributed by atoms with van der Waals surface area (Å²) < 4.78 is 40.3.